The summed E-state index contributed by atoms with van der Waals surface area (Å²) in [6.45, 7) is 4.61. The van der Waals surface area contributed by atoms with Crippen LogP contribution in [0.3, 0.4) is 0 Å². The average Bonchev–Trinajstić information content (AvgIpc) is 2.81. The Morgan fingerprint density at radius 2 is 2.53 bits per heavy atom. The molecule has 0 unspecified atom stereocenters. The fourth-order valence-electron chi connectivity index (χ4n) is 2.35. The summed E-state index contributed by atoms with van der Waals surface area (Å²) in [5.74, 6) is -0.298. The molecule has 0 aliphatic carbocycles. The topological polar surface area (TPSA) is 58.8 Å². The zero-order chi connectivity index (χ0) is 13.7. The van der Waals surface area contributed by atoms with E-state index in [9.17, 15) is 4.79 Å². The van der Waals surface area contributed by atoms with Crippen molar-refractivity contribution in [3.8, 4) is 0 Å². The predicted molar refractivity (Wildman–Crippen MR) is 76.0 cm³/mol. The van der Waals surface area contributed by atoms with E-state index < -0.39 is 0 Å². The Morgan fingerprint density at radius 1 is 1.68 bits per heavy atom. The van der Waals surface area contributed by atoms with Gasteiger partial charge in [0.25, 0.3) is 0 Å². The van der Waals surface area contributed by atoms with Crippen LogP contribution >= 0.6 is 11.3 Å². The first-order valence-electron chi connectivity index (χ1n) is 6.45. The second kappa shape index (κ2) is 7.00. The SMILES string of the molecule is CN(CC(N)=O)C[C@@H]1CN(Cc2ccsc2)CCO1. The van der Waals surface area contributed by atoms with E-state index in [1.54, 1.807) is 11.3 Å². The van der Waals surface area contributed by atoms with E-state index in [0.717, 1.165) is 32.8 Å². The lowest BCUT2D eigenvalue weighted by Crippen LogP contribution is -2.47. The number of carbonyl (C=O) groups excluding carboxylic acids is 1. The van der Waals surface area contributed by atoms with Crippen LogP contribution in [0.2, 0.25) is 0 Å². The Hall–Kier alpha value is -0.950. The molecule has 1 amide bonds. The number of morpholine rings is 1. The Kier molecular flexibility index (Phi) is 5.33. The molecule has 2 heterocycles. The summed E-state index contributed by atoms with van der Waals surface area (Å²) in [6, 6.07) is 2.16. The van der Waals surface area contributed by atoms with E-state index in [4.69, 9.17) is 10.5 Å². The number of amides is 1. The Morgan fingerprint density at radius 3 is 3.21 bits per heavy atom. The second-order valence-corrected chi connectivity index (χ2v) is 5.80. The number of thiophene rings is 1. The molecule has 0 saturated carbocycles. The van der Waals surface area contributed by atoms with Crippen LogP contribution in [-0.2, 0) is 16.1 Å². The number of rotatable bonds is 6. The molecule has 1 aromatic heterocycles. The van der Waals surface area contributed by atoms with Crippen molar-refractivity contribution in [3.63, 3.8) is 0 Å². The Balaban J connectivity index is 1.78. The van der Waals surface area contributed by atoms with Crippen LogP contribution in [0.5, 0.6) is 0 Å². The maximum absolute atomic E-state index is 10.9. The van der Waals surface area contributed by atoms with Crippen LogP contribution in [-0.4, -0.2) is 61.6 Å². The maximum atomic E-state index is 10.9. The maximum Gasteiger partial charge on any atom is 0.231 e. The van der Waals surface area contributed by atoms with Crippen LogP contribution in [0.25, 0.3) is 0 Å². The normalized spacial score (nSPS) is 20.8. The molecule has 0 spiro atoms. The Bertz CT molecular complexity index is 397. The molecule has 19 heavy (non-hydrogen) atoms. The van der Waals surface area contributed by atoms with Crippen molar-refractivity contribution in [3.05, 3.63) is 22.4 Å². The van der Waals surface area contributed by atoms with Gasteiger partial charge in [-0.3, -0.25) is 14.6 Å². The molecule has 1 fully saturated rings. The highest BCUT2D eigenvalue weighted by Crippen LogP contribution is 2.13. The third-order valence-electron chi connectivity index (χ3n) is 3.15. The van der Waals surface area contributed by atoms with Gasteiger partial charge in [0.15, 0.2) is 0 Å². The zero-order valence-electron chi connectivity index (χ0n) is 11.2. The van der Waals surface area contributed by atoms with Gasteiger partial charge in [-0.05, 0) is 29.4 Å². The Labute approximate surface area is 117 Å². The molecule has 0 bridgehead atoms. The summed E-state index contributed by atoms with van der Waals surface area (Å²) in [5, 5.41) is 4.29. The van der Waals surface area contributed by atoms with E-state index >= 15 is 0 Å². The number of primary amides is 1. The molecular weight excluding hydrogens is 262 g/mol. The van der Waals surface area contributed by atoms with Gasteiger partial charge in [-0.1, -0.05) is 0 Å². The quantitative estimate of drug-likeness (QED) is 0.819. The first-order chi connectivity index (χ1) is 9.13. The number of ether oxygens (including phenoxy) is 1. The van der Waals surface area contributed by atoms with Crippen molar-refractivity contribution >= 4 is 17.2 Å². The largest absolute Gasteiger partial charge is 0.374 e. The van der Waals surface area contributed by atoms with Gasteiger partial charge in [0, 0.05) is 26.2 Å². The highest BCUT2D eigenvalue weighted by atomic mass is 32.1. The third kappa shape index (κ3) is 4.91. The zero-order valence-corrected chi connectivity index (χ0v) is 12.1. The number of nitrogens with two attached hydrogens (primary N) is 1. The molecule has 0 aromatic carbocycles. The molecule has 6 heteroatoms. The molecule has 1 aliphatic heterocycles. The van der Waals surface area contributed by atoms with Gasteiger partial charge in [0.05, 0.1) is 19.3 Å². The molecular formula is C13H21N3O2S. The van der Waals surface area contributed by atoms with Gasteiger partial charge in [-0.15, -0.1) is 0 Å². The van der Waals surface area contributed by atoms with Crippen molar-refractivity contribution in [1.82, 2.24) is 9.80 Å². The minimum Gasteiger partial charge on any atom is -0.374 e. The molecule has 1 aliphatic rings. The fourth-order valence-corrected chi connectivity index (χ4v) is 3.01. The number of carbonyl (C=O) groups is 1. The van der Waals surface area contributed by atoms with Crippen LogP contribution in [0.15, 0.2) is 16.8 Å². The fraction of sp³-hybridized carbons (Fsp3) is 0.615. The molecule has 1 atom stereocenters. The van der Waals surface area contributed by atoms with E-state index in [-0.39, 0.29) is 18.6 Å². The van der Waals surface area contributed by atoms with Crippen molar-refractivity contribution in [2.24, 2.45) is 5.73 Å². The van der Waals surface area contributed by atoms with Gasteiger partial charge >= 0.3 is 0 Å². The van der Waals surface area contributed by atoms with Gasteiger partial charge in [0.1, 0.15) is 0 Å². The van der Waals surface area contributed by atoms with Gasteiger partial charge < -0.3 is 10.5 Å². The van der Waals surface area contributed by atoms with Crippen molar-refractivity contribution in [2.75, 3.05) is 39.8 Å². The molecule has 1 aromatic rings. The minimum atomic E-state index is -0.298. The van der Waals surface area contributed by atoms with Crippen molar-refractivity contribution < 1.29 is 9.53 Å². The first-order valence-corrected chi connectivity index (χ1v) is 7.39. The van der Waals surface area contributed by atoms with Crippen LogP contribution < -0.4 is 5.73 Å². The number of hydrogen-bond acceptors (Lipinski definition) is 5. The summed E-state index contributed by atoms with van der Waals surface area (Å²) < 4.78 is 5.75. The number of hydrogen-bond donors (Lipinski definition) is 1. The summed E-state index contributed by atoms with van der Waals surface area (Å²) in [4.78, 5) is 15.2. The first kappa shape index (κ1) is 14.5. The monoisotopic (exact) mass is 283 g/mol. The van der Waals surface area contributed by atoms with Crippen LogP contribution in [0, 0.1) is 0 Å². The second-order valence-electron chi connectivity index (χ2n) is 5.02. The van der Waals surface area contributed by atoms with Crippen LogP contribution in [0.4, 0.5) is 0 Å². The molecule has 2 N–H and O–H groups in total. The van der Waals surface area contributed by atoms with E-state index in [2.05, 4.69) is 21.7 Å². The molecule has 106 valence electrons. The van der Waals surface area contributed by atoms with E-state index in [1.807, 2.05) is 11.9 Å². The van der Waals surface area contributed by atoms with Crippen molar-refractivity contribution in [2.45, 2.75) is 12.6 Å². The smallest absolute Gasteiger partial charge is 0.231 e. The lowest BCUT2D eigenvalue weighted by molar-refractivity contribution is -0.119. The summed E-state index contributed by atoms with van der Waals surface area (Å²) in [7, 11) is 1.89. The van der Waals surface area contributed by atoms with Gasteiger partial charge in [-0.2, -0.15) is 11.3 Å². The van der Waals surface area contributed by atoms with Crippen molar-refractivity contribution in [1.29, 1.82) is 0 Å². The highest BCUT2D eigenvalue weighted by molar-refractivity contribution is 7.07. The molecule has 5 nitrogen and oxygen atoms in total. The number of likely N-dealkylation sites (N-methyl/N-ethyl adjacent to an activating group) is 1. The number of nitrogens with zero attached hydrogens (tertiary/aromatic N) is 2. The van der Waals surface area contributed by atoms with Gasteiger partial charge in [-0.25, -0.2) is 0 Å². The predicted octanol–water partition coefficient (Wildman–Crippen LogP) is 0.366. The average molecular weight is 283 g/mol. The minimum absolute atomic E-state index is 0.150. The molecule has 1 saturated heterocycles. The lowest BCUT2D eigenvalue weighted by Gasteiger charge is -2.34. The van der Waals surface area contributed by atoms with E-state index in [0.29, 0.717) is 0 Å². The summed E-state index contributed by atoms with van der Waals surface area (Å²) >= 11 is 1.73. The third-order valence-corrected chi connectivity index (χ3v) is 3.88. The lowest BCUT2D eigenvalue weighted by atomic mass is 10.2. The van der Waals surface area contributed by atoms with Crippen LogP contribution in [0.1, 0.15) is 5.56 Å². The summed E-state index contributed by atoms with van der Waals surface area (Å²) in [5.41, 5.74) is 6.54. The highest BCUT2D eigenvalue weighted by Gasteiger charge is 2.22. The molecule has 2 rings (SSSR count). The van der Waals surface area contributed by atoms with E-state index in [1.165, 1.54) is 5.56 Å². The van der Waals surface area contributed by atoms with Gasteiger partial charge in [0.2, 0.25) is 5.91 Å². The summed E-state index contributed by atoms with van der Waals surface area (Å²) in [6.07, 6.45) is 0.150. The molecule has 0 radical (unpaired) electrons. The standard InChI is InChI=1S/C13H21N3O2S/c1-15(9-13(14)17)7-12-8-16(3-4-18-12)6-11-2-5-19-10-11/h2,5,10,12H,3-4,6-9H2,1H3,(H2,14,17)/t12-/m1/s1.